The van der Waals surface area contributed by atoms with Gasteiger partial charge in [-0.25, -0.2) is 0 Å². The maximum Gasteiger partial charge on any atom is 0.118 e. The van der Waals surface area contributed by atoms with Crippen LogP contribution in [0.4, 0.5) is 0 Å². The predicted molar refractivity (Wildman–Crippen MR) is 113 cm³/mol. The monoisotopic (exact) mass is 382 g/mol. The van der Waals surface area contributed by atoms with Gasteiger partial charge in [-0.3, -0.25) is 9.80 Å². The Morgan fingerprint density at radius 1 is 0.963 bits per heavy atom. The molecule has 3 heterocycles. The van der Waals surface area contributed by atoms with E-state index in [0.29, 0.717) is 6.04 Å². The Morgan fingerprint density at radius 3 is 2.56 bits per heavy atom. The Labute approximate surface area is 167 Å². The molecule has 2 aromatic carbocycles. The van der Waals surface area contributed by atoms with E-state index in [1.165, 1.54) is 48.5 Å². The molecule has 3 aliphatic rings. The fraction of sp³-hybridized carbons (Fsp3) is 0.478. The van der Waals surface area contributed by atoms with Crippen LogP contribution < -0.4 is 4.74 Å². The van der Waals surface area contributed by atoms with Crippen LogP contribution in [0.3, 0.4) is 0 Å². The van der Waals surface area contributed by atoms with Crippen LogP contribution in [0.25, 0.3) is 0 Å². The van der Waals surface area contributed by atoms with Gasteiger partial charge in [0.15, 0.2) is 0 Å². The van der Waals surface area contributed by atoms with E-state index in [4.69, 9.17) is 4.74 Å². The number of fused-ring (bicyclic) bond motifs is 4. The van der Waals surface area contributed by atoms with E-state index in [1.54, 1.807) is 7.11 Å². The minimum Gasteiger partial charge on any atom is -0.497 e. The molecular formula is C23H30N2OS. The fourth-order valence-corrected chi connectivity index (χ4v) is 5.25. The lowest BCUT2D eigenvalue weighted by atomic mass is 9.94. The van der Waals surface area contributed by atoms with Gasteiger partial charge < -0.3 is 4.74 Å². The maximum absolute atomic E-state index is 5.29. The zero-order chi connectivity index (χ0) is 18.6. The van der Waals surface area contributed by atoms with E-state index in [9.17, 15) is 0 Å². The standard InChI is InChI=1S/C23H30N2OS/c1-26-22-11-8-18(9-12-22)13-24-14-19-7-10-21(17-24)25(15-19)16-20-5-3-4-6-23(20)27-2/h3-6,8-9,11-12,19,21H,7,10,13-17H2,1-2H3/t19-,21+/m1/s1. The molecule has 0 unspecified atom stereocenters. The molecule has 0 amide bonds. The van der Waals surface area contributed by atoms with Crippen LogP contribution in [0, 0.1) is 5.92 Å². The molecule has 0 N–H and O–H groups in total. The third-order valence-corrected chi connectivity index (χ3v) is 6.87. The van der Waals surface area contributed by atoms with E-state index in [-0.39, 0.29) is 0 Å². The van der Waals surface area contributed by atoms with E-state index in [0.717, 1.165) is 24.8 Å². The molecule has 2 atom stereocenters. The number of hydrogen-bond acceptors (Lipinski definition) is 4. The molecule has 0 aliphatic carbocycles. The smallest absolute Gasteiger partial charge is 0.118 e. The Hall–Kier alpha value is -1.49. The van der Waals surface area contributed by atoms with Crippen LogP contribution in [0.15, 0.2) is 53.4 Å². The van der Waals surface area contributed by atoms with Crippen molar-refractivity contribution in [2.24, 2.45) is 5.92 Å². The second-order valence-electron chi connectivity index (χ2n) is 7.88. The number of methoxy groups -OCH3 is 1. The normalized spacial score (nSPS) is 23.3. The summed E-state index contributed by atoms with van der Waals surface area (Å²) in [6, 6.07) is 18.1. The van der Waals surface area contributed by atoms with Crippen molar-refractivity contribution in [1.29, 1.82) is 0 Å². The molecule has 0 spiro atoms. The molecule has 5 rings (SSSR count). The van der Waals surface area contributed by atoms with Gasteiger partial charge in [0.25, 0.3) is 0 Å². The van der Waals surface area contributed by atoms with Gasteiger partial charge in [0.2, 0.25) is 0 Å². The highest BCUT2D eigenvalue weighted by molar-refractivity contribution is 7.98. The lowest BCUT2D eigenvalue weighted by Gasteiger charge is -2.36. The molecule has 3 aliphatic heterocycles. The molecule has 3 fully saturated rings. The molecule has 3 saturated heterocycles. The van der Waals surface area contributed by atoms with Crippen molar-refractivity contribution in [1.82, 2.24) is 9.80 Å². The summed E-state index contributed by atoms with van der Waals surface area (Å²) in [7, 11) is 1.73. The molecule has 144 valence electrons. The van der Waals surface area contributed by atoms with Crippen molar-refractivity contribution in [3.63, 3.8) is 0 Å². The quantitative estimate of drug-likeness (QED) is 0.683. The van der Waals surface area contributed by atoms with Gasteiger partial charge >= 0.3 is 0 Å². The summed E-state index contributed by atoms with van der Waals surface area (Å²) < 4.78 is 5.29. The number of nitrogens with zero attached hydrogens (tertiary/aromatic N) is 2. The van der Waals surface area contributed by atoms with Crippen LogP contribution in [0.5, 0.6) is 5.75 Å². The Balaban J connectivity index is 1.43. The highest BCUT2D eigenvalue weighted by Gasteiger charge is 2.34. The molecule has 2 aromatic rings. The van der Waals surface area contributed by atoms with E-state index < -0.39 is 0 Å². The summed E-state index contributed by atoms with van der Waals surface area (Å²) in [6.07, 6.45) is 4.90. The minimum absolute atomic E-state index is 0.678. The van der Waals surface area contributed by atoms with Crippen molar-refractivity contribution in [3.8, 4) is 5.75 Å². The van der Waals surface area contributed by atoms with Crippen LogP contribution in [-0.2, 0) is 13.1 Å². The molecule has 3 nitrogen and oxygen atoms in total. The number of thioether (sulfide) groups is 1. The predicted octanol–water partition coefficient (Wildman–Crippen LogP) is 4.51. The number of hydrogen-bond donors (Lipinski definition) is 0. The third-order valence-electron chi connectivity index (χ3n) is 6.03. The first-order valence-electron chi connectivity index (χ1n) is 9.96. The lowest BCUT2D eigenvalue weighted by molar-refractivity contribution is 0.122. The topological polar surface area (TPSA) is 15.7 Å². The van der Waals surface area contributed by atoms with Gasteiger partial charge in [0.1, 0.15) is 5.75 Å². The first kappa shape index (κ1) is 18.9. The Bertz CT molecular complexity index is 748. The van der Waals surface area contributed by atoms with Crippen molar-refractivity contribution >= 4 is 11.8 Å². The lowest BCUT2D eigenvalue weighted by Crippen LogP contribution is -2.43. The average molecular weight is 383 g/mol. The fourth-order valence-electron chi connectivity index (χ4n) is 4.64. The van der Waals surface area contributed by atoms with Crippen molar-refractivity contribution in [3.05, 3.63) is 59.7 Å². The second-order valence-corrected chi connectivity index (χ2v) is 8.73. The highest BCUT2D eigenvalue weighted by Crippen LogP contribution is 2.31. The number of piperidine rings is 1. The largest absolute Gasteiger partial charge is 0.497 e. The average Bonchev–Trinajstić information content (AvgIpc) is 2.99. The van der Waals surface area contributed by atoms with Crippen LogP contribution >= 0.6 is 11.8 Å². The molecule has 0 radical (unpaired) electrons. The molecular weight excluding hydrogens is 352 g/mol. The summed E-state index contributed by atoms with van der Waals surface area (Å²) in [4.78, 5) is 6.84. The SMILES string of the molecule is COc1ccc(CN2C[C@H]3CC[C@@H](C2)N(Cc2ccccc2SC)C3)cc1. The van der Waals surface area contributed by atoms with Gasteiger partial charge in [-0.1, -0.05) is 30.3 Å². The van der Waals surface area contributed by atoms with Gasteiger partial charge in [0, 0.05) is 43.7 Å². The summed E-state index contributed by atoms with van der Waals surface area (Å²) in [5.41, 5.74) is 2.87. The Kier molecular flexibility index (Phi) is 6.06. The first-order chi connectivity index (χ1) is 13.2. The first-order valence-corrected chi connectivity index (χ1v) is 11.2. The molecule has 4 heteroatoms. The van der Waals surface area contributed by atoms with Crippen molar-refractivity contribution in [2.75, 3.05) is 33.0 Å². The number of rotatable bonds is 6. The summed E-state index contributed by atoms with van der Waals surface area (Å²) in [6.45, 7) is 5.79. The molecule has 0 aromatic heterocycles. The molecule has 0 saturated carbocycles. The maximum atomic E-state index is 5.29. The zero-order valence-electron chi connectivity index (χ0n) is 16.4. The van der Waals surface area contributed by atoms with Gasteiger partial charge in [0.05, 0.1) is 7.11 Å². The van der Waals surface area contributed by atoms with Crippen molar-refractivity contribution in [2.45, 2.75) is 36.9 Å². The van der Waals surface area contributed by atoms with E-state index in [1.807, 2.05) is 11.8 Å². The summed E-state index contributed by atoms with van der Waals surface area (Å²) >= 11 is 1.87. The summed E-state index contributed by atoms with van der Waals surface area (Å²) in [5, 5.41) is 0. The van der Waals surface area contributed by atoms with Crippen LogP contribution in [-0.4, -0.2) is 48.8 Å². The summed E-state index contributed by atoms with van der Waals surface area (Å²) in [5.74, 6) is 1.73. The van der Waals surface area contributed by atoms with E-state index in [2.05, 4.69) is 64.6 Å². The van der Waals surface area contributed by atoms with Gasteiger partial charge in [-0.2, -0.15) is 0 Å². The minimum atomic E-state index is 0.678. The number of benzene rings is 2. The van der Waals surface area contributed by atoms with Crippen LogP contribution in [0.1, 0.15) is 24.0 Å². The third kappa shape index (κ3) is 4.50. The van der Waals surface area contributed by atoms with E-state index >= 15 is 0 Å². The highest BCUT2D eigenvalue weighted by atomic mass is 32.2. The van der Waals surface area contributed by atoms with Gasteiger partial charge in [-0.15, -0.1) is 11.8 Å². The van der Waals surface area contributed by atoms with Gasteiger partial charge in [-0.05, 0) is 54.3 Å². The zero-order valence-corrected chi connectivity index (χ0v) is 17.3. The second kappa shape index (κ2) is 8.68. The van der Waals surface area contributed by atoms with Crippen molar-refractivity contribution < 1.29 is 4.74 Å². The Morgan fingerprint density at radius 2 is 1.78 bits per heavy atom. The van der Waals surface area contributed by atoms with Crippen LogP contribution in [0.2, 0.25) is 0 Å². The molecule has 2 bridgehead atoms. The number of ether oxygens (including phenoxy) is 1. The molecule has 27 heavy (non-hydrogen) atoms.